The highest BCUT2D eigenvalue weighted by molar-refractivity contribution is 4.76. The molecule has 1 rings (SSSR count). The molecule has 2 unspecified atom stereocenters. The Bertz CT molecular complexity index is 185. The van der Waals surface area contributed by atoms with Gasteiger partial charge in [0.2, 0.25) is 0 Å². The minimum atomic E-state index is 0.501. The zero-order valence-electron chi connectivity index (χ0n) is 11.8. The van der Waals surface area contributed by atoms with E-state index in [0.717, 1.165) is 51.0 Å². The second-order valence-electron chi connectivity index (χ2n) is 5.52. The van der Waals surface area contributed by atoms with E-state index in [9.17, 15) is 0 Å². The van der Waals surface area contributed by atoms with Crippen molar-refractivity contribution in [3.63, 3.8) is 0 Å². The van der Waals surface area contributed by atoms with Crippen molar-refractivity contribution < 1.29 is 4.74 Å². The molecule has 2 atom stereocenters. The molecule has 1 saturated heterocycles. The van der Waals surface area contributed by atoms with E-state index in [1.165, 1.54) is 12.8 Å². The van der Waals surface area contributed by atoms with Crippen LogP contribution in [0, 0.1) is 11.8 Å². The average Bonchev–Trinajstić information content (AvgIpc) is 2.74. The Morgan fingerprint density at radius 2 is 2.00 bits per heavy atom. The summed E-state index contributed by atoms with van der Waals surface area (Å²) >= 11 is 0. The lowest BCUT2D eigenvalue weighted by molar-refractivity contribution is 0.0873. The molecule has 0 aromatic carbocycles. The second kappa shape index (κ2) is 8.90. The molecule has 3 nitrogen and oxygen atoms in total. The van der Waals surface area contributed by atoms with Gasteiger partial charge in [-0.2, -0.15) is 0 Å². The number of hydrogen-bond donors (Lipinski definition) is 2. The van der Waals surface area contributed by atoms with E-state index in [2.05, 4.69) is 31.4 Å². The molecule has 0 aromatic heterocycles. The van der Waals surface area contributed by atoms with Crippen molar-refractivity contribution in [3.8, 4) is 0 Å². The fraction of sp³-hybridized carbons (Fsp3) is 1.00. The quantitative estimate of drug-likeness (QED) is 0.607. The lowest BCUT2D eigenvalue weighted by Crippen LogP contribution is -2.30. The standard InChI is InChI=1S/C14H30N2O/c1-4-14-13(6-9-17-14)11-16-8-5-7-15-10-12(2)3/h12-16H,4-11H2,1-3H3. The molecule has 1 heterocycles. The van der Waals surface area contributed by atoms with Gasteiger partial charge >= 0.3 is 0 Å². The van der Waals surface area contributed by atoms with Gasteiger partial charge in [-0.15, -0.1) is 0 Å². The molecule has 1 aliphatic rings. The summed E-state index contributed by atoms with van der Waals surface area (Å²) in [6, 6.07) is 0. The lowest BCUT2D eigenvalue weighted by Gasteiger charge is -2.17. The first kappa shape index (κ1) is 14.9. The highest BCUT2D eigenvalue weighted by atomic mass is 16.5. The molecule has 0 spiro atoms. The third kappa shape index (κ3) is 6.39. The van der Waals surface area contributed by atoms with Crippen LogP contribution in [-0.4, -0.2) is 38.9 Å². The fourth-order valence-electron chi connectivity index (χ4n) is 2.39. The molecule has 0 radical (unpaired) electrons. The maximum atomic E-state index is 5.68. The van der Waals surface area contributed by atoms with Crippen LogP contribution >= 0.6 is 0 Å². The molecule has 17 heavy (non-hydrogen) atoms. The Balaban J connectivity index is 1.90. The van der Waals surface area contributed by atoms with E-state index in [1.807, 2.05) is 0 Å². The van der Waals surface area contributed by atoms with E-state index in [1.54, 1.807) is 0 Å². The van der Waals surface area contributed by atoms with Crippen molar-refractivity contribution in [2.24, 2.45) is 11.8 Å². The Morgan fingerprint density at radius 3 is 2.71 bits per heavy atom. The highest BCUT2D eigenvalue weighted by Crippen LogP contribution is 2.22. The van der Waals surface area contributed by atoms with Crippen LogP contribution in [-0.2, 0) is 4.74 Å². The summed E-state index contributed by atoms with van der Waals surface area (Å²) in [6.45, 7) is 12.2. The van der Waals surface area contributed by atoms with E-state index in [4.69, 9.17) is 4.74 Å². The Labute approximate surface area is 107 Å². The van der Waals surface area contributed by atoms with Gasteiger partial charge in [-0.05, 0) is 50.7 Å². The van der Waals surface area contributed by atoms with Crippen LogP contribution < -0.4 is 10.6 Å². The normalized spacial score (nSPS) is 24.7. The Morgan fingerprint density at radius 1 is 1.24 bits per heavy atom. The van der Waals surface area contributed by atoms with Crippen molar-refractivity contribution in [1.29, 1.82) is 0 Å². The summed E-state index contributed by atoms with van der Waals surface area (Å²) in [5.41, 5.74) is 0. The molecule has 0 saturated carbocycles. The number of ether oxygens (including phenoxy) is 1. The van der Waals surface area contributed by atoms with Crippen LogP contribution in [0.1, 0.15) is 40.0 Å². The number of nitrogens with one attached hydrogen (secondary N) is 2. The van der Waals surface area contributed by atoms with Gasteiger partial charge in [0, 0.05) is 13.2 Å². The molecule has 2 N–H and O–H groups in total. The van der Waals surface area contributed by atoms with Gasteiger partial charge in [0.25, 0.3) is 0 Å². The van der Waals surface area contributed by atoms with Crippen molar-refractivity contribution in [1.82, 2.24) is 10.6 Å². The maximum Gasteiger partial charge on any atom is 0.0613 e. The molecule has 0 aromatic rings. The molecular formula is C14H30N2O. The summed E-state index contributed by atoms with van der Waals surface area (Å²) < 4.78 is 5.68. The summed E-state index contributed by atoms with van der Waals surface area (Å²) in [6.07, 6.45) is 4.11. The van der Waals surface area contributed by atoms with E-state index >= 15 is 0 Å². The zero-order valence-corrected chi connectivity index (χ0v) is 11.8. The third-order valence-electron chi connectivity index (χ3n) is 3.41. The summed E-state index contributed by atoms with van der Waals surface area (Å²) in [7, 11) is 0. The highest BCUT2D eigenvalue weighted by Gasteiger charge is 2.25. The van der Waals surface area contributed by atoms with Gasteiger partial charge in [-0.3, -0.25) is 0 Å². The zero-order chi connectivity index (χ0) is 12.5. The second-order valence-corrected chi connectivity index (χ2v) is 5.52. The topological polar surface area (TPSA) is 33.3 Å². The predicted octanol–water partition coefficient (Wildman–Crippen LogP) is 2.03. The molecular weight excluding hydrogens is 212 g/mol. The Hall–Kier alpha value is -0.120. The fourth-order valence-corrected chi connectivity index (χ4v) is 2.39. The maximum absolute atomic E-state index is 5.68. The van der Waals surface area contributed by atoms with E-state index < -0.39 is 0 Å². The van der Waals surface area contributed by atoms with Crippen LogP contribution in [0.3, 0.4) is 0 Å². The molecule has 0 bridgehead atoms. The van der Waals surface area contributed by atoms with Crippen molar-refractivity contribution >= 4 is 0 Å². The lowest BCUT2D eigenvalue weighted by atomic mass is 10.00. The smallest absolute Gasteiger partial charge is 0.0613 e. The van der Waals surface area contributed by atoms with Crippen LogP contribution in [0.5, 0.6) is 0 Å². The van der Waals surface area contributed by atoms with Crippen molar-refractivity contribution in [2.45, 2.75) is 46.1 Å². The number of hydrogen-bond acceptors (Lipinski definition) is 3. The van der Waals surface area contributed by atoms with Crippen LogP contribution in [0.15, 0.2) is 0 Å². The SMILES string of the molecule is CCC1OCCC1CNCCCNCC(C)C. The van der Waals surface area contributed by atoms with Gasteiger partial charge in [0.15, 0.2) is 0 Å². The van der Waals surface area contributed by atoms with Crippen LogP contribution in [0.2, 0.25) is 0 Å². The molecule has 1 fully saturated rings. The molecule has 3 heteroatoms. The van der Waals surface area contributed by atoms with Gasteiger partial charge < -0.3 is 15.4 Å². The largest absolute Gasteiger partial charge is 0.378 e. The van der Waals surface area contributed by atoms with E-state index in [0.29, 0.717) is 6.10 Å². The molecule has 0 aliphatic carbocycles. The van der Waals surface area contributed by atoms with Gasteiger partial charge in [0.05, 0.1) is 6.10 Å². The first-order valence-corrected chi connectivity index (χ1v) is 7.27. The number of rotatable bonds is 9. The summed E-state index contributed by atoms with van der Waals surface area (Å²) in [5.74, 6) is 1.49. The van der Waals surface area contributed by atoms with Crippen LogP contribution in [0.25, 0.3) is 0 Å². The Kier molecular flexibility index (Phi) is 7.82. The molecule has 0 amide bonds. The van der Waals surface area contributed by atoms with Crippen molar-refractivity contribution in [2.75, 3.05) is 32.8 Å². The van der Waals surface area contributed by atoms with Crippen molar-refractivity contribution in [3.05, 3.63) is 0 Å². The first-order valence-electron chi connectivity index (χ1n) is 7.27. The predicted molar refractivity (Wildman–Crippen MR) is 73.3 cm³/mol. The van der Waals surface area contributed by atoms with Crippen LogP contribution in [0.4, 0.5) is 0 Å². The summed E-state index contributed by atoms with van der Waals surface area (Å²) in [4.78, 5) is 0. The van der Waals surface area contributed by atoms with Gasteiger partial charge in [-0.25, -0.2) is 0 Å². The van der Waals surface area contributed by atoms with Gasteiger partial charge in [-0.1, -0.05) is 20.8 Å². The minimum Gasteiger partial charge on any atom is -0.378 e. The van der Waals surface area contributed by atoms with Gasteiger partial charge in [0.1, 0.15) is 0 Å². The third-order valence-corrected chi connectivity index (χ3v) is 3.41. The van der Waals surface area contributed by atoms with E-state index in [-0.39, 0.29) is 0 Å². The minimum absolute atomic E-state index is 0.501. The molecule has 102 valence electrons. The summed E-state index contributed by atoms with van der Waals surface area (Å²) in [5, 5.41) is 7.03. The first-order chi connectivity index (χ1) is 8.24. The molecule has 1 aliphatic heterocycles. The average molecular weight is 242 g/mol. The monoisotopic (exact) mass is 242 g/mol.